The quantitative estimate of drug-likeness (QED) is 0.516. The van der Waals surface area contributed by atoms with Crippen LogP contribution in [0.3, 0.4) is 0 Å². The van der Waals surface area contributed by atoms with E-state index in [1.165, 1.54) is 36.4 Å². The first-order chi connectivity index (χ1) is 9.47. The zero-order valence-electron chi connectivity index (χ0n) is 10.2. The Hall–Kier alpha value is -2.60. The second kappa shape index (κ2) is 5.58. The maximum atomic E-state index is 12.0. The van der Waals surface area contributed by atoms with Crippen molar-refractivity contribution in [2.75, 3.05) is 11.1 Å². The SMILES string of the molecule is Nc1cc(Cl)cc(C(=O)Nc2ccccc2[N+](=O)[O-])c1. The molecule has 2 aromatic rings. The lowest BCUT2D eigenvalue weighted by Crippen LogP contribution is -2.13. The van der Waals surface area contributed by atoms with Gasteiger partial charge in [0.1, 0.15) is 5.69 Å². The van der Waals surface area contributed by atoms with Crippen molar-refractivity contribution in [2.24, 2.45) is 0 Å². The van der Waals surface area contributed by atoms with Crippen molar-refractivity contribution in [1.29, 1.82) is 0 Å². The lowest BCUT2D eigenvalue weighted by Gasteiger charge is -2.07. The molecule has 2 rings (SSSR count). The molecule has 2 aromatic carbocycles. The van der Waals surface area contributed by atoms with Crippen LogP contribution in [-0.4, -0.2) is 10.8 Å². The molecule has 0 fully saturated rings. The molecule has 0 atom stereocenters. The van der Waals surface area contributed by atoms with Gasteiger partial charge in [-0.2, -0.15) is 0 Å². The number of anilines is 2. The van der Waals surface area contributed by atoms with Crippen LogP contribution < -0.4 is 11.1 Å². The molecule has 0 radical (unpaired) electrons. The number of amides is 1. The van der Waals surface area contributed by atoms with Crippen LogP contribution in [0.25, 0.3) is 0 Å². The Morgan fingerprint density at radius 3 is 2.60 bits per heavy atom. The number of halogens is 1. The number of nitro benzene ring substituents is 1. The fourth-order valence-corrected chi connectivity index (χ4v) is 1.92. The molecule has 6 nitrogen and oxygen atoms in total. The minimum absolute atomic E-state index is 0.112. The minimum atomic E-state index is -0.568. The van der Waals surface area contributed by atoms with Gasteiger partial charge in [0.25, 0.3) is 11.6 Å². The Morgan fingerprint density at radius 2 is 1.95 bits per heavy atom. The zero-order valence-corrected chi connectivity index (χ0v) is 10.9. The molecule has 102 valence electrons. The number of nitrogen functional groups attached to an aromatic ring is 1. The number of carbonyl (C=O) groups is 1. The lowest BCUT2D eigenvalue weighted by atomic mass is 10.2. The van der Waals surface area contributed by atoms with Crippen LogP contribution in [0, 0.1) is 10.1 Å². The lowest BCUT2D eigenvalue weighted by molar-refractivity contribution is -0.383. The summed E-state index contributed by atoms with van der Waals surface area (Å²) >= 11 is 5.81. The molecule has 0 unspecified atom stereocenters. The molecule has 0 heterocycles. The van der Waals surface area contributed by atoms with E-state index in [-0.39, 0.29) is 16.9 Å². The number of carbonyl (C=O) groups excluding carboxylic acids is 1. The van der Waals surface area contributed by atoms with Gasteiger partial charge in [0.05, 0.1) is 4.92 Å². The average molecular weight is 292 g/mol. The number of nitrogens with zero attached hydrogens (tertiary/aromatic N) is 1. The molecule has 0 aliphatic carbocycles. The van der Waals surface area contributed by atoms with Gasteiger partial charge >= 0.3 is 0 Å². The summed E-state index contributed by atoms with van der Waals surface area (Å²) in [4.78, 5) is 22.3. The number of para-hydroxylation sites is 2. The first kappa shape index (κ1) is 13.8. The molecule has 0 aliphatic rings. The van der Waals surface area contributed by atoms with Gasteiger partial charge in [0.15, 0.2) is 0 Å². The fourth-order valence-electron chi connectivity index (χ4n) is 1.68. The molecular weight excluding hydrogens is 282 g/mol. The van der Waals surface area contributed by atoms with E-state index in [2.05, 4.69) is 5.32 Å². The maximum Gasteiger partial charge on any atom is 0.292 e. The predicted molar refractivity (Wildman–Crippen MR) is 76.9 cm³/mol. The Balaban J connectivity index is 2.30. The molecule has 0 saturated heterocycles. The summed E-state index contributed by atoms with van der Waals surface area (Å²) in [5.41, 5.74) is 6.09. The van der Waals surface area contributed by atoms with Gasteiger partial charge in [0, 0.05) is 22.3 Å². The molecule has 3 N–H and O–H groups in total. The number of rotatable bonds is 3. The third-order valence-corrected chi connectivity index (χ3v) is 2.75. The summed E-state index contributed by atoms with van der Waals surface area (Å²) < 4.78 is 0. The number of nitrogens with two attached hydrogens (primary N) is 1. The van der Waals surface area contributed by atoms with Gasteiger partial charge in [-0.25, -0.2) is 0 Å². The smallest absolute Gasteiger partial charge is 0.292 e. The van der Waals surface area contributed by atoms with Crippen molar-refractivity contribution in [1.82, 2.24) is 0 Å². The number of nitrogens with one attached hydrogen (secondary N) is 1. The van der Waals surface area contributed by atoms with Crippen LogP contribution in [0.1, 0.15) is 10.4 Å². The molecule has 7 heteroatoms. The van der Waals surface area contributed by atoms with E-state index in [0.29, 0.717) is 10.7 Å². The Morgan fingerprint density at radius 1 is 1.25 bits per heavy atom. The van der Waals surface area contributed by atoms with E-state index in [1.807, 2.05) is 0 Å². The van der Waals surface area contributed by atoms with Crippen LogP contribution >= 0.6 is 11.6 Å². The van der Waals surface area contributed by atoms with Crippen molar-refractivity contribution < 1.29 is 9.72 Å². The monoisotopic (exact) mass is 291 g/mol. The molecule has 1 amide bonds. The van der Waals surface area contributed by atoms with E-state index >= 15 is 0 Å². The molecule has 0 spiro atoms. The van der Waals surface area contributed by atoms with E-state index in [0.717, 1.165) is 0 Å². The van der Waals surface area contributed by atoms with Crippen LogP contribution in [0.4, 0.5) is 17.1 Å². The largest absolute Gasteiger partial charge is 0.399 e. The summed E-state index contributed by atoms with van der Waals surface area (Å²) in [5.74, 6) is -0.520. The number of hydrogen-bond donors (Lipinski definition) is 2. The Kier molecular flexibility index (Phi) is 3.86. The number of hydrogen-bond acceptors (Lipinski definition) is 4. The highest BCUT2D eigenvalue weighted by molar-refractivity contribution is 6.31. The van der Waals surface area contributed by atoms with Crippen molar-refractivity contribution in [3.63, 3.8) is 0 Å². The molecular formula is C13H10ClN3O3. The van der Waals surface area contributed by atoms with E-state index in [1.54, 1.807) is 6.07 Å². The Labute approximate surface area is 119 Å². The number of benzene rings is 2. The topological polar surface area (TPSA) is 98.3 Å². The molecule has 0 aliphatic heterocycles. The van der Waals surface area contributed by atoms with E-state index < -0.39 is 10.8 Å². The van der Waals surface area contributed by atoms with Gasteiger partial charge < -0.3 is 11.1 Å². The van der Waals surface area contributed by atoms with Crippen LogP contribution in [-0.2, 0) is 0 Å². The highest BCUT2D eigenvalue weighted by Gasteiger charge is 2.16. The van der Waals surface area contributed by atoms with Gasteiger partial charge in [-0.3, -0.25) is 14.9 Å². The standard InChI is InChI=1S/C13H10ClN3O3/c14-9-5-8(6-10(15)7-9)13(18)16-11-3-1-2-4-12(11)17(19)20/h1-7H,15H2,(H,16,18). The first-order valence-corrected chi connectivity index (χ1v) is 5.96. The first-order valence-electron chi connectivity index (χ1n) is 5.58. The normalized spacial score (nSPS) is 10.1. The summed E-state index contributed by atoms with van der Waals surface area (Å²) in [6.07, 6.45) is 0. The average Bonchev–Trinajstić information content (AvgIpc) is 2.37. The van der Waals surface area contributed by atoms with Crippen LogP contribution in [0.2, 0.25) is 5.02 Å². The van der Waals surface area contributed by atoms with Gasteiger partial charge in [-0.05, 0) is 24.3 Å². The highest BCUT2D eigenvalue weighted by atomic mass is 35.5. The van der Waals surface area contributed by atoms with Crippen molar-refractivity contribution in [3.05, 3.63) is 63.2 Å². The van der Waals surface area contributed by atoms with Gasteiger partial charge in [0.2, 0.25) is 0 Å². The fraction of sp³-hybridized carbons (Fsp3) is 0. The molecule has 0 aromatic heterocycles. The zero-order chi connectivity index (χ0) is 14.7. The molecule has 0 saturated carbocycles. The van der Waals surface area contributed by atoms with Crippen molar-refractivity contribution in [3.8, 4) is 0 Å². The summed E-state index contributed by atoms with van der Waals surface area (Å²) in [6, 6.07) is 10.2. The summed E-state index contributed by atoms with van der Waals surface area (Å²) in [7, 11) is 0. The molecule has 20 heavy (non-hydrogen) atoms. The number of nitro groups is 1. The minimum Gasteiger partial charge on any atom is -0.399 e. The van der Waals surface area contributed by atoms with Gasteiger partial charge in [-0.1, -0.05) is 23.7 Å². The second-order valence-electron chi connectivity index (χ2n) is 4.00. The van der Waals surface area contributed by atoms with Crippen LogP contribution in [0.15, 0.2) is 42.5 Å². The maximum absolute atomic E-state index is 12.0. The van der Waals surface area contributed by atoms with Gasteiger partial charge in [-0.15, -0.1) is 0 Å². The van der Waals surface area contributed by atoms with E-state index in [4.69, 9.17) is 17.3 Å². The molecule has 0 bridgehead atoms. The van der Waals surface area contributed by atoms with Crippen molar-refractivity contribution >= 4 is 34.6 Å². The highest BCUT2D eigenvalue weighted by Crippen LogP contribution is 2.24. The predicted octanol–water partition coefficient (Wildman–Crippen LogP) is 3.08. The third kappa shape index (κ3) is 3.04. The summed E-state index contributed by atoms with van der Waals surface area (Å²) in [6.45, 7) is 0. The van der Waals surface area contributed by atoms with Crippen LogP contribution in [0.5, 0.6) is 0 Å². The van der Waals surface area contributed by atoms with Crippen molar-refractivity contribution in [2.45, 2.75) is 0 Å². The third-order valence-electron chi connectivity index (χ3n) is 2.53. The second-order valence-corrected chi connectivity index (χ2v) is 4.44. The van der Waals surface area contributed by atoms with E-state index in [9.17, 15) is 14.9 Å². The summed E-state index contributed by atoms with van der Waals surface area (Å²) in [5, 5.41) is 13.6. The Bertz CT molecular complexity index is 668.